The van der Waals surface area contributed by atoms with Crippen LogP contribution in [0.4, 0.5) is 4.39 Å². The Labute approximate surface area is 84.9 Å². The van der Waals surface area contributed by atoms with E-state index in [1.165, 1.54) is 18.2 Å². The zero-order valence-electron chi connectivity index (χ0n) is 7.32. The summed E-state index contributed by atoms with van der Waals surface area (Å²) in [5.41, 5.74) is 0. The van der Waals surface area contributed by atoms with Crippen molar-refractivity contribution in [3.8, 4) is 0 Å². The monoisotopic (exact) mass is 230 g/mol. The molecule has 0 fully saturated rings. The molecule has 0 amide bonds. The quantitative estimate of drug-likeness (QED) is 0.754. The minimum absolute atomic E-state index is 0.225. The second-order valence-corrected chi connectivity index (χ2v) is 6.07. The van der Waals surface area contributed by atoms with Crippen LogP contribution in [0, 0.1) is 5.13 Å². The molecular weight excluding hydrogens is 223 g/mol. The second-order valence-electron chi connectivity index (χ2n) is 3.02. The Bertz CT molecular complexity index is 584. The van der Waals surface area contributed by atoms with Gasteiger partial charge in [-0.2, -0.15) is 4.39 Å². The largest absolute Gasteiger partial charge is 0.224 e. The number of fused-ring (bicyclic) bond motifs is 1. The highest BCUT2D eigenvalue weighted by Crippen LogP contribution is 2.26. The highest BCUT2D eigenvalue weighted by Gasteiger charge is 2.09. The number of benzene rings is 1. The van der Waals surface area contributed by atoms with Gasteiger partial charge < -0.3 is 0 Å². The molecule has 74 valence electrons. The number of halogens is 1. The Kier molecular flexibility index (Phi) is 2.08. The summed E-state index contributed by atoms with van der Waals surface area (Å²) in [7, 11) is -3.20. The lowest BCUT2D eigenvalue weighted by atomic mass is 10.3. The van der Waals surface area contributed by atoms with Crippen molar-refractivity contribution in [3.05, 3.63) is 29.4 Å². The molecular formula is C9H7FO2S2. The lowest BCUT2D eigenvalue weighted by molar-refractivity contribution is 0.602. The number of rotatable bonds is 1. The summed E-state index contributed by atoms with van der Waals surface area (Å²) in [5.74, 6) is 0. The fourth-order valence-corrected chi connectivity index (χ4v) is 2.64. The molecule has 0 saturated carbocycles. The number of thiophene rings is 1. The van der Waals surface area contributed by atoms with Gasteiger partial charge in [-0.15, -0.1) is 11.3 Å². The van der Waals surface area contributed by atoms with Crippen LogP contribution in [0.2, 0.25) is 0 Å². The molecule has 0 aliphatic carbocycles. The van der Waals surface area contributed by atoms with E-state index in [0.717, 1.165) is 22.3 Å². The summed E-state index contributed by atoms with van der Waals surface area (Å²) in [4.78, 5) is 0.225. The normalized spacial score (nSPS) is 12.1. The van der Waals surface area contributed by atoms with Gasteiger partial charge in [0.15, 0.2) is 15.0 Å². The molecule has 0 N–H and O–H groups in total. The maximum absolute atomic E-state index is 12.8. The first kappa shape index (κ1) is 9.61. The molecule has 2 rings (SSSR count). The zero-order valence-corrected chi connectivity index (χ0v) is 8.95. The van der Waals surface area contributed by atoms with Crippen LogP contribution in [0.5, 0.6) is 0 Å². The lowest BCUT2D eigenvalue weighted by Crippen LogP contribution is -1.95. The number of hydrogen-bond acceptors (Lipinski definition) is 3. The third kappa shape index (κ3) is 1.65. The van der Waals surface area contributed by atoms with E-state index in [4.69, 9.17) is 0 Å². The van der Waals surface area contributed by atoms with Crippen LogP contribution >= 0.6 is 11.3 Å². The third-order valence-corrected chi connectivity index (χ3v) is 3.90. The number of hydrogen-bond donors (Lipinski definition) is 0. The van der Waals surface area contributed by atoms with E-state index >= 15 is 0 Å². The zero-order chi connectivity index (χ0) is 10.3. The first-order valence-corrected chi connectivity index (χ1v) is 6.57. The van der Waals surface area contributed by atoms with Crippen LogP contribution in [0.1, 0.15) is 0 Å². The SMILES string of the molecule is CS(=O)(=O)c1ccc2sc(F)cc2c1. The van der Waals surface area contributed by atoms with Gasteiger partial charge >= 0.3 is 0 Å². The highest BCUT2D eigenvalue weighted by atomic mass is 32.2. The molecule has 2 nitrogen and oxygen atoms in total. The molecule has 0 bridgehead atoms. The van der Waals surface area contributed by atoms with Crippen LogP contribution in [0.25, 0.3) is 10.1 Å². The van der Waals surface area contributed by atoms with E-state index in [9.17, 15) is 12.8 Å². The van der Waals surface area contributed by atoms with Gasteiger partial charge in [-0.3, -0.25) is 0 Å². The third-order valence-electron chi connectivity index (χ3n) is 1.89. The van der Waals surface area contributed by atoms with Crippen molar-refractivity contribution >= 4 is 31.3 Å². The van der Waals surface area contributed by atoms with E-state index in [0.29, 0.717) is 5.39 Å². The average Bonchev–Trinajstić information content (AvgIpc) is 2.41. The van der Waals surface area contributed by atoms with Gasteiger partial charge in [-0.1, -0.05) is 0 Å². The molecule has 1 aromatic heterocycles. The maximum atomic E-state index is 12.8. The van der Waals surface area contributed by atoms with Crippen molar-refractivity contribution in [2.24, 2.45) is 0 Å². The van der Waals surface area contributed by atoms with E-state index < -0.39 is 9.84 Å². The summed E-state index contributed by atoms with van der Waals surface area (Å²) in [6.45, 7) is 0. The van der Waals surface area contributed by atoms with Gasteiger partial charge in [0.05, 0.1) is 4.90 Å². The second kappa shape index (κ2) is 3.03. The van der Waals surface area contributed by atoms with Crippen molar-refractivity contribution in [2.45, 2.75) is 4.90 Å². The smallest absolute Gasteiger partial charge is 0.177 e. The van der Waals surface area contributed by atoms with E-state index in [2.05, 4.69) is 0 Å². The standard InChI is InChI=1S/C9H7FO2S2/c1-14(11,12)7-2-3-8-6(4-7)5-9(10)13-8/h2-5H,1H3. The van der Waals surface area contributed by atoms with E-state index in [-0.39, 0.29) is 10.0 Å². The fraction of sp³-hybridized carbons (Fsp3) is 0.111. The first-order valence-electron chi connectivity index (χ1n) is 3.86. The Hall–Kier alpha value is -0.940. The van der Waals surface area contributed by atoms with Crippen LogP contribution in [-0.4, -0.2) is 14.7 Å². The van der Waals surface area contributed by atoms with Crippen molar-refractivity contribution < 1.29 is 12.8 Å². The van der Waals surface area contributed by atoms with Crippen molar-refractivity contribution in [1.29, 1.82) is 0 Å². The Morgan fingerprint density at radius 3 is 2.64 bits per heavy atom. The fourth-order valence-electron chi connectivity index (χ4n) is 1.22. The van der Waals surface area contributed by atoms with Crippen LogP contribution in [0.3, 0.4) is 0 Å². The predicted molar refractivity (Wildman–Crippen MR) is 54.9 cm³/mol. The lowest BCUT2D eigenvalue weighted by Gasteiger charge is -1.96. The van der Waals surface area contributed by atoms with Gasteiger partial charge in [0.1, 0.15) is 0 Å². The van der Waals surface area contributed by atoms with Gasteiger partial charge in [-0.25, -0.2) is 8.42 Å². The molecule has 0 radical (unpaired) electrons. The number of sulfone groups is 1. The minimum Gasteiger partial charge on any atom is -0.224 e. The summed E-state index contributed by atoms with van der Waals surface area (Å²) >= 11 is 1.01. The topological polar surface area (TPSA) is 34.1 Å². The molecule has 0 aliphatic rings. The maximum Gasteiger partial charge on any atom is 0.177 e. The van der Waals surface area contributed by atoms with E-state index in [1.54, 1.807) is 6.07 Å². The molecule has 0 aliphatic heterocycles. The van der Waals surface area contributed by atoms with Crippen molar-refractivity contribution in [1.82, 2.24) is 0 Å². The van der Waals surface area contributed by atoms with Crippen LogP contribution in [0.15, 0.2) is 29.2 Å². The molecule has 0 atom stereocenters. The molecule has 1 heterocycles. The summed E-state index contributed by atoms with van der Waals surface area (Å²) in [6.07, 6.45) is 1.14. The molecule has 2 aromatic rings. The molecule has 0 saturated heterocycles. The molecule has 1 aromatic carbocycles. The summed E-state index contributed by atoms with van der Waals surface area (Å²) in [5, 5.41) is 0.334. The first-order chi connectivity index (χ1) is 6.47. The van der Waals surface area contributed by atoms with Crippen LogP contribution in [-0.2, 0) is 9.84 Å². The predicted octanol–water partition coefficient (Wildman–Crippen LogP) is 2.44. The van der Waals surface area contributed by atoms with Gasteiger partial charge in [0.25, 0.3) is 0 Å². The Morgan fingerprint density at radius 2 is 2.00 bits per heavy atom. The van der Waals surface area contributed by atoms with E-state index in [1.807, 2.05) is 0 Å². The Balaban J connectivity index is 2.74. The Morgan fingerprint density at radius 1 is 1.29 bits per heavy atom. The molecule has 5 heteroatoms. The van der Waals surface area contributed by atoms with Crippen LogP contribution < -0.4 is 0 Å². The average molecular weight is 230 g/mol. The summed E-state index contributed by atoms with van der Waals surface area (Å²) in [6, 6.07) is 5.95. The van der Waals surface area contributed by atoms with Gasteiger partial charge in [-0.05, 0) is 29.7 Å². The minimum atomic E-state index is -3.20. The van der Waals surface area contributed by atoms with Crippen molar-refractivity contribution in [2.75, 3.05) is 6.26 Å². The van der Waals surface area contributed by atoms with Crippen molar-refractivity contribution in [3.63, 3.8) is 0 Å². The van der Waals surface area contributed by atoms with Gasteiger partial charge in [0, 0.05) is 11.0 Å². The highest BCUT2D eigenvalue weighted by molar-refractivity contribution is 7.90. The van der Waals surface area contributed by atoms with Gasteiger partial charge in [0.2, 0.25) is 0 Å². The molecule has 0 spiro atoms. The molecule has 0 unspecified atom stereocenters. The molecule has 14 heavy (non-hydrogen) atoms. The summed E-state index contributed by atoms with van der Waals surface area (Å²) < 4.78 is 36.0.